The largest absolute Gasteiger partial charge is 0.456 e. The number of carbonyl (C=O) groups excluding carboxylic acids is 3. The highest BCUT2D eigenvalue weighted by Gasteiger charge is 2.29. The summed E-state index contributed by atoms with van der Waals surface area (Å²) in [6.45, 7) is -0.648. The van der Waals surface area contributed by atoms with Crippen molar-refractivity contribution < 1.29 is 27.9 Å². The van der Waals surface area contributed by atoms with E-state index >= 15 is 0 Å². The van der Waals surface area contributed by atoms with Gasteiger partial charge in [-0.15, -0.1) is 11.8 Å². The molecule has 0 radical (unpaired) electrons. The van der Waals surface area contributed by atoms with Crippen LogP contribution in [-0.4, -0.2) is 29.6 Å². The van der Waals surface area contributed by atoms with Crippen molar-refractivity contribution in [2.75, 3.05) is 17.2 Å². The molecule has 1 aliphatic rings. The first kappa shape index (κ1) is 18.8. The van der Waals surface area contributed by atoms with Crippen molar-refractivity contribution in [3.05, 3.63) is 54.1 Å². The smallest absolute Gasteiger partial charge is 0.307 e. The number of esters is 1. The molecule has 1 aliphatic heterocycles. The van der Waals surface area contributed by atoms with Crippen LogP contribution in [0.2, 0.25) is 0 Å². The van der Waals surface area contributed by atoms with E-state index in [1.807, 2.05) is 12.1 Å². The number of hydrogen-bond donors (Lipinski definition) is 2. The fourth-order valence-corrected chi connectivity index (χ4v) is 3.46. The number of halogens is 2. The quantitative estimate of drug-likeness (QED) is 0.765. The van der Waals surface area contributed by atoms with E-state index in [0.717, 1.165) is 17.0 Å². The minimum atomic E-state index is -0.941. The molecule has 140 valence electrons. The van der Waals surface area contributed by atoms with Crippen molar-refractivity contribution in [3.8, 4) is 0 Å². The van der Waals surface area contributed by atoms with E-state index in [1.165, 1.54) is 11.8 Å². The lowest BCUT2D eigenvalue weighted by atomic mass is 10.2. The maximum Gasteiger partial charge on any atom is 0.307 e. The first-order chi connectivity index (χ1) is 12.9. The molecule has 0 bridgehead atoms. The highest BCUT2D eigenvalue weighted by Crippen LogP contribution is 2.36. The summed E-state index contributed by atoms with van der Waals surface area (Å²) in [5.74, 6) is -3.56. The van der Waals surface area contributed by atoms with Gasteiger partial charge in [-0.2, -0.15) is 0 Å². The number of para-hydroxylation sites is 1. The Morgan fingerprint density at radius 2 is 1.96 bits per heavy atom. The molecule has 0 unspecified atom stereocenters. The summed E-state index contributed by atoms with van der Waals surface area (Å²) in [6.07, 6.45) is -0.219. The predicted molar refractivity (Wildman–Crippen MR) is 95.3 cm³/mol. The molecule has 0 aliphatic carbocycles. The molecule has 6 nitrogen and oxygen atoms in total. The van der Waals surface area contributed by atoms with Crippen LogP contribution in [0.15, 0.2) is 47.4 Å². The van der Waals surface area contributed by atoms with E-state index in [1.54, 1.807) is 12.1 Å². The maximum atomic E-state index is 13.5. The van der Waals surface area contributed by atoms with Gasteiger partial charge < -0.3 is 15.4 Å². The zero-order chi connectivity index (χ0) is 19.4. The van der Waals surface area contributed by atoms with Gasteiger partial charge in [-0.3, -0.25) is 14.4 Å². The normalized spacial score (nSPS) is 15.5. The summed E-state index contributed by atoms with van der Waals surface area (Å²) >= 11 is 1.24. The number of ether oxygens (including phenoxy) is 1. The summed E-state index contributed by atoms with van der Waals surface area (Å²) in [4.78, 5) is 36.5. The van der Waals surface area contributed by atoms with Gasteiger partial charge in [-0.25, -0.2) is 8.78 Å². The molecule has 0 saturated heterocycles. The van der Waals surface area contributed by atoms with Gasteiger partial charge in [0.25, 0.3) is 5.91 Å². The minimum absolute atomic E-state index is 0.219. The van der Waals surface area contributed by atoms with Crippen LogP contribution in [0.5, 0.6) is 0 Å². The van der Waals surface area contributed by atoms with E-state index in [-0.39, 0.29) is 18.0 Å². The van der Waals surface area contributed by atoms with E-state index in [9.17, 15) is 23.2 Å². The van der Waals surface area contributed by atoms with Gasteiger partial charge in [0.1, 0.15) is 11.6 Å². The molecule has 3 rings (SSSR count). The molecular formula is C18H14F2N2O4S. The van der Waals surface area contributed by atoms with Gasteiger partial charge >= 0.3 is 5.97 Å². The number of carbonyl (C=O) groups is 3. The topological polar surface area (TPSA) is 84.5 Å². The fraction of sp³-hybridized carbons (Fsp3) is 0.167. The summed E-state index contributed by atoms with van der Waals surface area (Å²) in [6, 6.07) is 9.86. The van der Waals surface area contributed by atoms with Crippen molar-refractivity contribution in [2.45, 2.75) is 16.6 Å². The third kappa shape index (κ3) is 4.82. The Kier molecular flexibility index (Phi) is 5.70. The van der Waals surface area contributed by atoms with Crippen LogP contribution in [0.25, 0.3) is 0 Å². The van der Waals surface area contributed by atoms with E-state index in [2.05, 4.69) is 10.6 Å². The van der Waals surface area contributed by atoms with E-state index in [4.69, 9.17) is 4.74 Å². The molecular weight excluding hydrogens is 378 g/mol. The molecule has 2 amide bonds. The van der Waals surface area contributed by atoms with Crippen molar-refractivity contribution in [3.63, 3.8) is 0 Å². The standard InChI is InChI=1S/C18H14F2N2O4S/c19-10-5-6-12(11(20)7-10)21-16(23)9-26-17(24)8-15-18(25)22-13-3-1-2-4-14(13)27-15/h1-7,15H,8-9H2,(H,21,23)(H,22,25)/t15-/m1/s1. The van der Waals surface area contributed by atoms with Crippen LogP contribution in [-0.2, 0) is 19.1 Å². The minimum Gasteiger partial charge on any atom is -0.456 e. The van der Waals surface area contributed by atoms with Crippen molar-refractivity contribution in [2.24, 2.45) is 0 Å². The van der Waals surface area contributed by atoms with Crippen LogP contribution in [0.4, 0.5) is 20.2 Å². The second-order valence-electron chi connectivity index (χ2n) is 5.63. The third-order valence-corrected chi connectivity index (χ3v) is 4.90. The summed E-state index contributed by atoms with van der Waals surface area (Å²) in [5.41, 5.74) is 0.453. The van der Waals surface area contributed by atoms with Crippen LogP contribution < -0.4 is 10.6 Å². The highest BCUT2D eigenvalue weighted by atomic mass is 32.2. The number of amides is 2. The summed E-state index contributed by atoms with van der Waals surface area (Å²) in [5, 5.41) is 4.20. The van der Waals surface area contributed by atoms with Gasteiger partial charge in [0.05, 0.1) is 23.0 Å². The molecule has 1 heterocycles. The molecule has 27 heavy (non-hydrogen) atoms. The SMILES string of the molecule is O=C(COC(=O)C[C@H]1Sc2ccccc2NC1=O)Nc1ccc(F)cc1F. The number of benzene rings is 2. The Labute approximate surface area is 157 Å². The fourth-order valence-electron chi connectivity index (χ4n) is 2.36. The number of anilines is 2. The third-order valence-electron chi connectivity index (χ3n) is 3.63. The Morgan fingerprint density at radius 1 is 1.19 bits per heavy atom. The number of thioether (sulfide) groups is 1. The number of fused-ring (bicyclic) bond motifs is 1. The first-order valence-corrected chi connectivity index (χ1v) is 8.77. The second-order valence-corrected chi connectivity index (χ2v) is 6.87. The van der Waals surface area contributed by atoms with Gasteiger partial charge in [-0.05, 0) is 24.3 Å². The predicted octanol–water partition coefficient (Wildman–Crippen LogP) is 2.95. The van der Waals surface area contributed by atoms with Gasteiger partial charge in [0, 0.05) is 11.0 Å². The van der Waals surface area contributed by atoms with Crippen LogP contribution >= 0.6 is 11.8 Å². The van der Waals surface area contributed by atoms with Crippen LogP contribution in [0, 0.1) is 11.6 Å². The molecule has 2 aromatic rings. The van der Waals surface area contributed by atoms with Gasteiger partial charge in [-0.1, -0.05) is 12.1 Å². The number of hydrogen-bond acceptors (Lipinski definition) is 5. The van der Waals surface area contributed by atoms with Crippen molar-refractivity contribution in [1.82, 2.24) is 0 Å². The number of nitrogens with one attached hydrogen (secondary N) is 2. The maximum absolute atomic E-state index is 13.5. The average Bonchev–Trinajstić information content (AvgIpc) is 2.63. The Morgan fingerprint density at radius 3 is 2.74 bits per heavy atom. The highest BCUT2D eigenvalue weighted by molar-refractivity contribution is 8.01. The Balaban J connectivity index is 1.49. The molecule has 2 aromatic carbocycles. The Bertz CT molecular complexity index is 907. The van der Waals surface area contributed by atoms with Gasteiger partial charge in [0.2, 0.25) is 5.91 Å². The molecule has 0 aromatic heterocycles. The van der Waals surface area contributed by atoms with Gasteiger partial charge in [0.15, 0.2) is 6.61 Å². The van der Waals surface area contributed by atoms with E-state index in [0.29, 0.717) is 11.8 Å². The lowest BCUT2D eigenvalue weighted by Gasteiger charge is -2.23. The van der Waals surface area contributed by atoms with E-state index < -0.39 is 35.4 Å². The molecule has 9 heteroatoms. The molecule has 0 spiro atoms. The zero-order valence-corrected chi connectivity index (χ0v) is 14.6. The zero-order valence-electron chi connectivity index (χ0n) is 13.8. The Hall–Kier alpha value is -2.94. The van der Waals surface area contributed by atoms with Crippen molar-refractivity contribution in [1.29, 1.82) is 0 Å². The lowest BCUT2D eigenvalue weighted by molar-refractivity contribution is -0.147. The van der Waals surface area contributed by atoms with Crippen LogP contribution in [0.1, 0.15) is 6.42 Å². The average molecular weight is 392 g/mol. The molecule has 0 fully saturated rings. The summed E-state index contributed by atoms with van der Waals surface area (Å²) < 4.78 is 31.1. The molecule has 0 saturated carbocycles. The molecule has 1 atom stereocenters. The lowest BCUT2D eigenvalue weighted by Crippen LogP contribution is -2.32. The van der Waals surface area contributed by atoms with Crippen LogP contribution in [0.3, 0.4) is 0 Å². The second kappa shape index (κ2) is 8.17. The monoisotopic (exact) mass is 392 g/mol. The first-order valence-electron chi connectivity index (χ1n) is 7.89. The van der Waals surface area contributed by atoms with Crippen molar-refractivity contribution >= 4 is 40.9 Å². The summed E-state index contributed by atoms with van der Waals surface area (Å²) in [7, 11) is 0. The number of rotatable bonds is 5. The molecule has 2 N–H and O–H groups in total.